The molecule has 0 radical (unpaired) electrons. The van der Waals surface area contributed by atoms with Crippen molar-refractivity contribution < 1.29 is 4.74 Å². The number of rotatable bonds is 6. The Morgan fingerprint density at radius 1 is 1.57 bits per heavy atom. The van der Waals surface area contributed by atoms with E-state index in [9.17, 15) is 0 Å². The third kappa shape index (κ3) is 3.40. The quantitative estimate of drug-likeness (QED) is 0.787. The van der Waals surface area contributed by atoms with Crippen molar-refractivity contribution >= 4 is 11.3 Å². The van der Waals surface area contributed by atoms with Crippen LogP contribution in [-0.4, -0.2) is 19.3 Å². The second-order valence-corrected chi connectivity index (χ2v) is 4.76. The Kier molecular flexibility index (Phi) is 4.58. The minimum atomic E-state index is -0.154. The number of aryl methyl sites for hydroxylation is 1. The molecule has 1 rings (SSSR count). The first-order valence-corrected chi connectivity index (χ1v) is 5.88. The lowest BCUT2D eigenvalue weighted by Crippen LogP contribution is -2.44. The van der Waals surface area contributed by atoms with Crippen molar-refractivity contribution in [3.63, 3.8) is 0 Å². The molecule has 1 atom stereocenters. The number of hydrogen-bond donors (Lipinski definition) is 1. The predicted octanol–water partition coefficient (Wildman–Crippen LogP) is 2.43. The van der Waals surface area contributed by atoms with Gasteiger partial charge < -0.3 is 10.5 Å². The molecule has 2 N–H and O–H groups in total. The average Bonchev–Trinajstić information content (AvgIpc) is 2.68. The summed E-state index contributed by atoms with van der Waals surface area (Å²) in [7, 11) is 1.71. The van der Waals surface area contributed by atoms with Crippen LogP contribution in [0.2, 0.25) is 0 Å². The maximum atomic E-state index is 6.20. The van der Waals surface area contributed by atoms with E-state index in [-0.39, 0.29) is 5.54 Å². The number of ether oxygens (including phenoxy) is 1. The molecule has 0 saturated heterocycles. The van der Waals surface area contributed by atoms with Gasteiger partial charge in [0.15, 0.2) is 0 Å². The number of methoxy groups -OCH3 is 1. The molecule has 1 unspecified atom stereocenters. The summed E-state index contributed by atoms with van der Waals surface area (Å²) in [5.74, 6) is 0. The highest BCUT2D eigenvalue weighted by Gasteiger charge is 2.22. The first-order valence-electron chi connectivity index (χ1n) is 5.00. The van der Waals surface area contributed by atoms with Crippen molar-refractivity contribution in [3.8, 4) is 0 Å². The summed E-state index contributed by atoms with van der Waals surface area (Å²) in [5, 5.41) is 2.11. The van der Waals surface area contributed by atoms with Gasteiger partial charge in [0.1, 0.15) is 0 Å². The van der Waals surface area contributed by atoms with E-state index in [0.717, 1.165) is 19.3 Å². The molecule has 1 aromatic heterocycles. The Bertz CT molecular complexity index is 248. The first kappa shape index (κ1) is 11.7. The molecule has 14 heavy (non-hydrogen) atoms. The van der Waals surface area contributed by atoms with Gasteiger partial charge in [0.2, 0.25) is 0 Å². The zero-order chi connectivity index (χ0) is 10.4. The van der Waals surface area contributed by atoms with Gasteiger partial charge in [0.25, 0.3) is 0 Å². The molecule has 3 heteroatoms. The molecule has 1 heterocycles. The molecule has 80 valence electrons. The lowest BCUT2D eigenvalue weighted by atomic mass is 9.92. The molecule has 0 bridgehead atoms. The standard InChI is InChI=1S/C11H19NOS/c1-3-11(12,9-13-2)7-6-10-5-4-8-14-10/h4-5,8H,3,6-7,9,12H2,1-2H3. The maximum absolute atomic E-state index is 6.20. The summed E-state index contributed by atoms with van der Waals surface area (Å²) in [4.78, 5) is 1.41. The Morgan fingerprint density at radius 2 is 2.36 bits per heavy atom. The summed E-state index contributed by atoms with van der Waals surface area (Å²) in [5.41, 5.74) is 6.05. The van der Waals surface area contributed by atoms with Crippen LogP contribution in [0.3, 0.4) is 0 Å². The molecule has 0 fully saturated rings. The smallest absolute Gasteiger partial charge is 0.0642 e. The van der Waals surface area contributed by atoms with Crippen LogP contribution in [0.4, 0.5) is 0 Å². The van der Waals surface area contributed by atoms with Gasteiger partial charge in [0, 0.05) is 17.5 Å². The average molecular weight is 213 g/mol. The lowest BCUT2D eigenvalue weighted by molar-refractivity contribution is 0.124. The highest BCUT2D eigenvalue weighted by Crippen LogP contribution is 2.18. The summed E-state index contributed by atoms with van der Waals surface area (Å²) >= 11 is 1.80. The van der Waals surface area contributed by atoms with Gasteiger partial charge in [-0.1, -0.05) is 13.0 Å². The fourth-order valence-corrected chi connectivity index (χ4v) is 2.17. The van der Waals surface area contributed by atoms with Crippen LogP contribution >= 0.6 is 11.3 Å². The fraction of sp³-hybridized carbons (Fsp3) is 0.636. The Labute approximate surface area is 90.1 Å². The van der Waals surface area contributed by atoms with Crippen LogP contribution in [0.1, 0.15) is 24.6 Å². The SMILES string of the molecule is CCC(N)(CCc1cccs1)COC. The minimum Gasteiger partial charge on any atom is -0.383 e. The zero-order valence-corrected chi connectivity index (χ0v) is 9.77. The van der Waals surface area contributed by atoms with Crippen molar-refractivity contribution in [2.24, 2.45) is 5.73 Å². The van der Waals surface area contributed by atoms with Crippen LogP contribution < -0.4 is 5.73 Å². The largest absolute Gasteiger partial charge is 0.383 e. The van der Waals surface area contributed by atoms with Crippen LogP contribution in [0.15, 0.2) is 17.5 Å². The summed E-state index contributed by atoms with van der Waals surface area (Å²) in [6.45, 7) is 2.77. The summed E-state index contributed by atoms with van der Waals surface area (Å²) < 4.78 is 5.15. The van der Waals surface area contributed by atoms with Crippen LogP contribution in [0, 0.1) is 0 Å². The highest BCUT2D eigenvalue weighted by atomic mass is 32.1. The van der Waals surface area contributed by atoms with Gasteiger partial charge in [-0.25, -0.2) is 0 Å². The predicted molar refractivity (Wildman–Crippen MR) is 61.7 cm³/mol. The molecule has 0 aliphatic carbocycles. The summed E-state index contributed by atoms with van der Waals surface area (Å²) in [6.07, 6.45) is 3.02. The third-order valence-electron chi connectivity index (χ3n) is 2.59. The second-order valence-electron chi connectivity index (χ2n) is 3.73. The molecule has 0 saturated carbocycles. The van der Waals surface area contributed by atoms with Crippen LogP contribution in [0.5, 0.6) is 0 Å². The van der Waals surface area contributed by atoms with Gasteiger partial charge in [0.05, 0.1) is 6.61 Å². The number of hydrogen-bond acceptors (Lipinski definition) is 3. The topological polar surface area (TPSA) is 35.2 Å². The van der Waals surface area contributed by atoms with E-state index in [4.69, 9.17) is 10.5 Å². The van der Waals surface area contributed by atoms with E-state index in [1.54, 1.807) is 18.4 Å². The fourth-order valence-electron chi connectivity index (χ4n) is 1.47. The Balaban J connectivity index is 2.41. The van der Waals surface area contributed by atoms with Crippen LogP contribution in [-0.2, 0) is 11.2 Å². The second kappa shape index (κ2) is 5.49. The van der Waals surface area contributed by atoms with Crippen molar-refractivity contribution in [2.45, 2.75) is 31.7 Å². The molecule has 0 aliphatic rings. The number of thiophene rings is 1. The van der Waals surface area contributed by atoms with Crippen molar-refractivity contribution in [1.29, 1.82) is 0 Å². The van der Waals surface area contributed by atoms with Gasteiger partial charge in [-0.15, -0.1) is 11.3 Å². The molecule has 0 aliphatic heterocycles. The van der Waals surface area contributed by atoms with Gasteiger partial charge in [-0.05, 0) is 30.7 Å². The van der Waals surface area contributed by atoms with E-state index in [0.29, 0.717) is 6.61 Å². The minimum absolute atomic E-state index is 0.154. The first-order chi connectivity index (χ1) is 6.70. The summed E-state index contributed by atoms with van der Waals surface area (Å²) in [6, 6.07) is 4.24. The normalized spacial score (nSPS) is 15.4. The molecule has 0 amide bonds. The molecular weight excluding hydrogens is 194 g/mol. The van der Waals surface area contributed by atoms with E-state index in [1.807, 2.05) is 0 Å². The highest BCUT2D eigenvalue weighted by molar-refractivity contribution is 7.09. The van der Waals surface area contributed by atoms with E-state index < -0.39 is 0 Å². The molecular formula is C11H19NOS. The van der Waals surface area contributed by atoms with Gasteiger partial charge in [-0.3, -0.25) is 0 Å². The molecule has 0 aromatic carbocycles. The number of nitrogens with two attached hydrogens (primary N) is 1. The van der Waals surface area contributed by atoms with E-state index in [1.165, 1.54) is 4.88 Å². The van der Waals surface area contributed by atoms with E-state index >= 15 is 0 Å². The van der Waals surface area contributed by atoms with Gasteiger partial charge >= 0.3 is 0 Å². The molecule has 2 nitrogen and oxygen atoms in total. The van der Waals surface area contributed by atoms with Gasteiger partial charge in [-0.2, -0.15) is 0 Å². The third-order valence-corrected chi connectivity index (χ3v) is 3.52. The van der Waals surface area contributed by atoms with E-state index in [2.05, 4.69) is 24.4 Å². The van der Waals surface area contributed by atoms with Crippen molar-refractivity contribution in [3.05, 3.63) is 22.4 Å². The zero-order valence-electron chi connectivity index (χ0n) is 8.95. The monoisotopic (exact) mass is 213 g/mol. The van der Waals surface area contributed by atoms with Crippen molar-refractivity contribution in [1.82, 2.24) is 0 Å². The Hall–Kier alpha value is -0.380. The molecule has 1 aromatic rings. The van der Waals surface area contributed by atoms with Crippen LogP contribution in [0.25, 0.3) is 0 Å². The lowest BCUT2D eigenvalue weighted by Gasteiger charge is -2.26. The Morgan fingerprint density at radius 3 is 2.86 bits per heavy atom. The molecule has 0 spiro atoms. The van der Waals surface area contributed by atoms with Crippen molar-refractivity contribution in [2.75, 3.05) is 13.7 Å². The maximum Gasteiger partial charge on any atom is 0.0642 e.